The fraction of sp³-hybridized carbons (Fsp3) is 0.290. The Balaban J connectivity index is 1.59. The molecule has 3 aromatic heterocycles. The van der Waals surface area contributed by atoms with Crippen LogP contribution in [-0.4, -0.2) is 66.4 Å². The summed E-state index contributed by atoms with van der Waals surface area (Å²) in [4.78, 5) is 17.3. The van der Waals surface area contributed by atoms with E-state index in [4.69, 9.17) is 37.5 Å². The molecule has 1 saturated heterocycles. The van der Waals surface area contributed by atoms with E-state index in [1.165, 1.54) is 12.1 Å². The van der Waals surface area contributed by atoms with Crippen LogP contribution in [0.4, 0.5) is 25.4 Å². The highest BCUT2D eigenvalue weighted by molar-refractivity contribution is 7.23. The van der Waals surface area contributed by atoms with E-state index >= 15 is 4.39 Å². The van der Waals surface area contributed by atoms with Crippen molar-refractivity contribution in [2.24, 2.45) is 0 Å². The number of nitrogens with zero attached hydrogens (tertiary/aromatic N) is 6. The van der Waals surface area contributed by atoms with E-state index in [-0.39, 0.29) is 60.4 Å². The molecule has 10 nitrogen and oxygen atoms in total. The van der Waals surface area contributed by atoms with Crippen LogP contribution in [0.25, 0.3) is 32.1 Å². The van der Waals surface area contributed by atoms with E-state index in [9.17, 15) is 9.65 Å². The summed E-state index contributed by atoms with van der Waals surface area (Å²) in [5.74, 6) is -0.690. The van der Waals surface area contributed by atoms with Gasteiger partial charge < -0.3 is 30.7 Å². The monoisotopic (exact) mass is 650 g/mol. The molecule has 0 aliphatic carbocycles. The van der Waals surface area contributed by atoms with Gasteiger partial charge in [0.1, 0.15) is 40.1 Å². The number of anilines is 3. The lowest BCUT2D eigenvalue weighted by atomic mass is 9.97. The number of ether oxygens (including phenoxy) is 2. The summed E-state index contributed by atoms with van der Waals surface area (Å²) >= 11 is 7.73. The molecule has 45 heavy (non-hydrogen) atoms. The Kier molecular flexibility index (Phi) is 8.09. The Morgan fingerprint density at radius 2 is 1.96 bits per heavy atom. The summed E-state index contributed by atoms with van der Waals surface area (Å²) in [6.45, 7) is 2.67. The second-order valence-corrected chi connectivity index (χ2v) is 12.5. The Bertz CT molecular complexity index is 2000. The van der Waals surface area contributed by atoms with Crippen molar-refractivity contribution in [3.05, 3.63) is 64.3 Å². The van der Waals surface area contributed by atoms with E-state index in [0.717, 1.165) is 16.9 Å². The Labute approximate surface area is 266 Å². The van der Waals surface area contributed by atoms with Crippen LogP contribution in [-0.2, 0) is 4.74 Å². The standard InChI is InChI=1S/C31H29ClF2N8O2S/c1-14(15-6-5-9-38-28(15)36)42(4)30-17-10-19(32)24(16-7-8-20(33)27-23(16)18(11-35)29(37)45-27)25(34)26(17)39-31(40-30)44-22-13-43-12-21(22)41(2)3/h5-10,14,21-22H,12-13,37H2,1-4H3,(H2,36,38)/t14-,21+,22-/m1/s1. The van der Waals surface area contributed by atoms with Crippen molar-refractivity contribution < 1.29 is 18.3 Å². The maximum atomic E-state index is 16.9. The first-order valence-electron chi connectivity index (χ1n) is 14.0. The quantitative estimate of drug-likeness (QED) is 0.223. The van der Waals surface area contributed by atoms with Crippen LogP contribution in [0.5, 0.6) is 6.01 Å². The number of nitriles is 1. The van der Waals surface area contributed by atoms with E-state index in [1.54, 1.807) is 25.4 Å². The lowest BCUT2D eigenvalue weighted by Crippen LogP contribution is -2.41. The fourth-order valence-electron chi connectivity index (χ4n) is 5.67. The molecule has 2 aromatic carbocycles. The van der Waals surface area contributed by atoms with Crippen LogP contribution >= 0.6 is 22.9 Å². The molecule has 3 atom stereocenters. The molecule has 5 aromatic rings. The van der Waals surface area contributed by atoms with Gasteiger partial charge in [-0.3, -0.25) is 0 Å². The number of halogens is 3. The number of nitrogens with two attached hydrogens (primary N) is 2. The third kappa shape index (κ3) is 5.23. The minimum absolute atomic E-state index is 0.0129. The van der Waals surface area contributed by atoms with Gasteiger partial charge in [-0.05, 0) is 44.8 Å². The molecule has 1 aliphatic heterocycles. The average molecular weight is 651 g/mol. The highest BCUT2D eigenvalue weighted by atomic mass is 35.5. The summed E-state index contributed by atoms with van der Waals surface area (Å²) in [6, 6.07) is 9.31. The number of hydrogen-bond donors (Lipinski definition) is 2. The lowest BCUT2D eigenvalue weighted by Gasteiger charge is -2.29. The number of fused-ring (bicyclic) bond motifs is 2. The number of rotatable bonds is 7. The molecule has 4 heterocycles. The first-order chi connectivity index (χ1) is 21.5. The lowest BCUT2D eigenvalue weighted by molar-refractivity contribution is 0.117. The van der Waals surface area contributed by atoms with E-state index in [2.05, 4.69) is 9.97 Å². The van der Waals surface area contributed by atoms with Crippen LogP contribution in [0.3, 0.4) is 0 Å². The highest BCUT2D eigenvalue weighted by Crippen LogP contribution is 2.46. The van der Waals surface area contributed by atoms with E-state index in [0.29, 0.717) is 30.2 Å². The maximum Gasteiger partial charge on any atom is 0.319 e. The van der Waals surface area contributed by atoms with Crippen LogP contribution in [0.2, 0.25) is 5.02 Å². The molecule has 0 spiro atoms. The largest absolute Gasteiger partial charge is 0.456 e. The molecule has 1 aliphatic rings. The molecule has 4 N–H and O–H groups in total. The Morgan fingerprint density at radius 3 is 2.67 bits per heavy atom. The second-order valence-electron chi connectivity index (χ2n) is 11.0. The molecular formula is C31H29ClF2N8O2S. The summed E-state index contributed by atoms with van der Waals surface area (Å²) in [5, 5.41) is 10.5. The third-order valence-corrected chi connectivity index (χ3v) is 9.52. The number of benzene rings is 2. The SMILES string of the molecule is C[C@H](c1cccnc1N)N(C)c1nc(O[C@@H]2COC[C@@H]2N(C)C)nc2c(F)c(-c3ccc(F)c4sc(N)c(C#N)c34)c(Cl)cc12. The van der Waals surface area contributed by atoms with Gasteiger partial charge >= 0.3 is 6.01 Å². The zero-order valence-electron chi connectivity index (χ0n) is 24.8. The maximum absolute atomic E-state index is 16.9. The zero-order valence-corrected chi connectivity index (χ0v) is 26.4. The van der Waals surface area contributed by atoms with Gasteiger partial charge in [0.15, 0.2) is 5.82 Å². The number of nitrogen functional groups attached to an aromatic ring is 2. The molecule has 0 bridgehead atoms. The van der Waals surface area contributed by atoms with Crippen molar-refractivity contribution in [3.8, 4) is 23.2 Å². The number of thiophene rings is 1. The molecule has 14 heteroatoms. The fourth-order valence-corrected chi connectivity index (χ4v) is 6.91. The summed E-state index contributed by atoms with van der Waals surface area (Å²) in [7, 11) is 5.63. The molecular weight excluding hydrogens is 622 g/mol. The molecule has 0 amide bonds. The summed E-state index contributed by atoms with van der Waals surface area (Å²) in [5.41, 5.74) is 13.1. The first kappa shape index (κ1) is 30.7. The van der Waals surface area contributed by atoms with Gasteiger partial charge in [0.2, 0.25) is 0 Å². The predicted molar refractivity (Wildman–Crippen MR) is 173 cm³/mol. The van der Waals surface area contributed by atoms with Gasteiger partial charge in [0, 0.05) is 35.1 Å². The third-order valence-electron chi connectivity index (χ3n) is 8.20. The van der Waals surface area contributed by atoms with Crippen LogP contribution in [0, 0.1) is 23.0 Å². The average Bonchev–Trinajstić information content (AvgIpc) is 3.62. The summed E-state index contributed by atoms with van der Waals surface area (Å²) < 4.78 is 43.8. The van der Waals surface area contributed by atoms with Crippen LogP contribution in [0.1, 0.15) is 24.1 Å². The smallest absolute Gasteiger partial charge is 0.319 e. The molecule has 6 rings (SSSR count). The molecule has 0 unspecified atom stereocenters. The van der Waals surface area contributed by atoms with E-state index < -0.39 is 17.7 Å². The van der Waals surface area contributed by atoms with Crippen molar-refractivity contribution in [1.82, 2.24) is 19.9 Å². The Hall–Kier alpha value is -4.35. The van der Waals surface area contributed by atoms with Gasteiger partial charge in [-0.25, -0.2) is 13.8 Å². The van der Waals surface area contributed by atoms with Gasteiger partial charge in [0.05, 0.1) is 40.6 Å². The Morgan fingerprint density at radius 1 is 1.18 bits per heavy atom. The van der Waals surface area contributed by atoms with Crippen molar-refractivity contribution in [1.29, 1.82) is 5.26 Å². The van der Waals surface area contributed by atoms with Gasteiger partial charge in [-0.15, -0.1) is 11.3 Å². The van der Waals surface area contributed by atoms with Crippen molar-refractivity contribution in [2.75, 3.05) is 50.7 Å². The molecule has 1 fully saturated rings. The van der Waals surface area contributed by atoms with Crippen LogP contribution in [0.15, 0.2) is 36.5 Å². The number of hydrogen-bond acceptors (Lipinski definition) is 11. The molecule has 0 saturated carbocycles. The number of pyridine rings is 1. The molecule has 0 radical (unpaired) electrons. The highest BCUT2D eigenvalue weighted by Gasteiger charge is 2.34. The van der Waals surface area contributed by atoms with Crippen LogP contribution < -0.4 is 21.1 Å². The normalized spacial score (nSPS) is 17.2. The summed E-state index contributed by atoms with van der Waals surface area (Å²) in [6.07, 6.45) is 1.19. The van der Waals surface area contributed by atoms with Gasteiger partial charge in [-0.2, -0.15) is 15.2 Å². The number of likely N-dealkylation sites (N-methyl/N-ethyl adjacent to an activating group) is 1. The minimum atomic E-state index is -0.790. The van der Waals surface area contributed by atoms with E-state index in [1.807, 2.05) is 43.0 Å². The van der Waals surface area contributed by atoms with Gasteiger partial charge in [-0.1, -0.05) is 23.7 Å². The minimum Gasteiger partial charge on any atom is -0.456 e. The first-order valence-corrected chi connectivity index (χ1v) is 15.2. The molecule has 232 valence electrons. The second kappa shape index (κ2) is 11.9. The van der Waals surface area contributed by atoms with Crippen molar-refractivity contribution in [2.45, 2.75) is 25.1 Å². The topological polar surface area (TPSA) is 139 Å². The predicted octanol–water partition coefficient (Wildman–Crippen LogP) is 5.78. The van der Waals surface area contributed by atoms with Gasteiger partial charge in [0.25, 0.3) is 0 Å². The zero-order chi connectivity index (χ0) is 32.2. The number of aromatic nitrogens is 3. The van der Waals surface area contributed by atoms with Crippen molar-refractivity contribution in [3.63, 3.8) is 0 Å². The van der Waals surface area contributed by atoms with Crippen molar-refractivity contribution >= 4 is 60.6 Å².